The first-order chi connectivity index (χ1) is 41.1. The van der Waals surface area contributed by atoms with Crippen LogP contribution in [0.5, 0.6) is 11.5 Å². The molecule has 10 amide bonds. The molecule has 472 valence electrons. The summed E-state index contributed by atoms with van der Waals surface area (Å²) < 4.78 is 10.8. The lowest BCUT2D eigenvalue weighted by Gasteiger charge is -2.31. The molecule has 0 aromatic heterocycles. The zero-order valence-corrected chi connectivity index (χ0v) is 50.1. The van der Waals surface area contributed by atoms with Gasteiger partial charge >= 0.3 is 0 Å². The highest BCUT2D eigenvalue weighted by atomic mass is 32.2. The lowest BCUT2D eigenvalue weighted by atomic mass is 9.96. The number of phenols is 2. The summed E-state index contributed by atoms with van der Waals surface area (Å²) in [5, 5.41) is 67.0. The molecule has 0 bridgehead atoms. The van der Waals surface area contributed by atoms with Crippen molar-refractivity contribution in [3.05, 3.63) is 95.6 Å². The predicted octanol–water partition coefficient (Wildman–Crippen LogP) is -3.29. The number of hydrogen-bond donors (Lipinski definition) is 16. The van der Waals surface area contributed by atoms with E-state index in [9.17, 15) is 68.4 Å². The molecule has 1 heterocycles. The van der Waals surface area contributed by atoms with Gasteiger partial charge in [0.05, 0.1) is 38.6 Å². The molecule has 0 spiro atoms. The fourth-order valence-electron chi connectivity index (χ4n) is 8.48. The number of thioether (sulfide) groups is 1. The number of nitrogens with two attached hydrogens (primary N) is 1. The van der Waals surface area contributed by atoms with Crippen LogP contribution in [0, 0.1) is 5.92 Å². The Morgan fingerprint density at radius 3 is 1.85 bits per heavy atom. The van der Waals surface area contributed by atoms with Crippen LogP contribution in [0.3, 0.4) is 0 Å². The average Bonchev–Trinajstić information content (AvgIpc) is 3.19. The highest BCUT2D eigenvalue weighted by Crippen LogP contribution is 2.16. The van der Waals surface area contributed by atoms with E-state index in [2.05, 4.69) is 65.8 Å². The van der Waals surface area contributed by atoms with Gasteiger partial charge in [-0.2, -0.15) is 24.4 Å². The number of amides is 10. The van der Waals surface area contributed by atoms with Crippen molar-refractivity contribution < 1.29 is 77.8 Å². The third kappa shape index (κ3) is 24.1. The fourth-order valence-corrected chi connectivity index (χ4v) is 9.12. The summed E-state index contributed by atoms with van der Waals surface area (Å²) in [5.74, 6) is -8.99. The van der Waals surface area contributed by atoms with E-state index in [0.29, 0.717) is 28.9 Å². The summed E-state index contributed by atoms with van der Waals surface area (Å²) in [4.78, 5) is 139. The number of phenolic OH excluding ortho intramolecular Hbond substituents is 2. The van der Waals surface area contributed by atoms with E-state index < -0.39 is 145 Å². The molecule has 1 aliphatic rings. The van der Waals surface area contributed by atoms with Crippen LogP contribution in [0.4, 0.5) is 0 Å². The maximum absolute atomic E-state index is 14.6. The van der Waals surface area contributed by atoms with E-state index in [4.69, 9.17) is 15.2 Å². The summed E-state index contributed by atoms with van der Waals surface area (Å²) in [6.45, 7) is 2.56. The lowest BCUT2D eigenvalue weighted by Crippen LogP contribution is -2.64. The van der Waals surface area contributed by atoms with Crippen molar-refractivity contribution in [2.24, 2.45) is 11.7 Å². The summed E-state index contributed by atoms with van der Waals surface area (Å²) >= 11 is 5.35. The molecule has 86 heavy (non-hydrogen) atoms. The summed E-state index contributed by atoms with van der Waals surface area (Å²) in [7, 11) is 0. The number of carbonyl (C=O) groups is 10. The molecular formula is C57H81N11O16S2. The monoisotopic (exact) mass is 1240 g/mol. The van der Waals surface area contributed by atoms with E-state index in [1.165, 1.54) is 60.3 Å². The quantitative estimate of drug-likeness (QED) is 0.0230. The zero-order chi connectivity index (χ0) is 63.3. The first kappa shape index (κ1) is 70.9. The van der Waals surface area contributed by atoms with Crippen LogP contribution in [0.1, 0.15) is 50.3 Å². The van der Waals surface area contributed by atoms with Crippen molar-refractivity contribution in [1.82, 2.24) is 53.2 Å². The molecule has 1 saturated heterocycles. The molecule has 1 aliphatic heterocycles. The second-order valence-electron chi connectivity index (χ2n) is 20.4. The summed E-state index contributed by atoms with van der Waals surface area (Å²) in [5.41, 5.74) is 7.12. The molecule has 11 atom stereocenters. The lowest BCUT2D eigenvalue weighted by molar-refractivity contribution is -0.138. The molecule has 0 saturated carbocycles. The van der Waals surface area contributed by atoms with Gasteiger partial charge in [0.2, 0.25) is 59.1 Å². The Bertz CT molecular complexity index is 2720. The third-order valence-corrected chi connectivity index (χ3v) is 14.7. The molecule has 29 heteroatoms. The van der Waals surface area contributed by atoms with Crippen LogP contribution in [0.15, 0.2) is 78.9 Å². The Balaban J connectivity index is 1.60. The normalized spacial score (nSPS) is 19.9. The Kier molecular flexibility index (Phi) is 30.6. The van der Waals surface area contributed by atoms with Crippen LogP contribution in [0.25, 0.3) is 0 Å². The molecule has 27 nitrogen and oxygen atoms in total. The maximum Gasteiger partial charge on any atom is 0.246 e. The van der Waals surface area contributed by atoms with Gasteiger partial charge in [-0.1, -0.05) is 74.9 Å². The number of ether oxygens (including phenoxy) is 2. The first-order valence-electron chi connectivity index (χ1n) is 27.9. The molecule has 1 fully saturated rings. The predicted molar refractivity (Wildman–Crippen MR) is 320 cm³/mol. The molecule has 3 aromatic carbocycles. The minimum atomic E-state index is -1.94. The van der Waals surface area contributed by atoms with Crippen molar-refractivity contribution in [2.45, 2.75) is 113 Å². The van der Waals surface area contributed by atoms with Gasteiger partial charge in [-0.15, -0.1) is 0 Å². The van der Waals surface area contributed by atoms with Crippen molar-refractivity contribution in [3.8, 4) is 11.5 Å². The van der Waals surface area contributed by atoms with Crippen LogP contribution >= 0.6 is 24.4 Å². The van der Waals surface area contributed by atoms with Crippen molar-refractivity contribution in [3.63, 3.8) is 0 Å². The van der Waals surface area contributed by atoms with Gasteiger partial charge in [0.1, 0.15) is 66.4 Å². The van der Waals surface area contributed by atoms with Crippen molar-refractivity contribution >= 4 is 83.5 Å². The Labute approximate surface area is 508 Å². The van der Waals surface area contributed by atoms with Gasteiger partial charge < -0.3 is 88.8 Å². The van der Waals surface area contributed by atoms with Crippen molar-refractivity contribution in [1.29, 1.82) is 0 Å². The van der Waals surface area contributed by atoms with Crippen LogP contribution in [0.2, 0.25) is 0 Å². The van der Waals surface area contributed by atoms with E-state index in [-0.39, 0.29) is 69.3 Å². The molecule has 0 radical (unpaired) electrons. The van der Waals surface area contributed by atoms with Crippen molar-refractivity contribution in [2.75, 3.05) is 63.9 Å². The van der Waals surface area contributed by atoms with Crippen LogP contribution in [-0.2, 0) is 76.7 Å². The van der Waals surface area contributed by atoms with Gasteiger partial charge in [-0.25, -0.2) is 0 Å². The summed E-state index contributed by atoms with van der Waals surface area (Å²) in [6, 6.07) is 6.90. The fraction of sp³-hybridized carbons (Fsp3) is 0.509. The maximum atomic E-state index is 14.6. The number of carbonyl (C=O) groups excluding carboxylic acids is 10. The SMILES string of the molecule is CCC(C)[C@@H]1NC(=O)[C@H](Cc2ccccc2)NC(=O)[C@H](Cc2ccc(O)cc2)NC(=O)[C@@H](NC(=O)[C@@H](NC(=O)[C@H](CO)NC(=O)[C@H](Cc2ccc(O)cc2)NC(=O)COCCOCCNC(=O)[C@@H](N)CS)C(C)O)CNC(=O)[C@H](CCSC)NC1=O. The van der Waals surface area contributed by atoms with Gasteiger partial charge in [0, 0.05) is 38.1 Å². The summed E-state index contributed by atoms with van der Waals surface area (Å²) in [6.07, 6.45) is 0.00802. The van der Waals surface area contributed by atoms with Gasteiger partial charge in [-0.05, 0) is 72.2 Å². The highest BCUT2D eigenvalue weighted by Gasteiger charge is 2.38. The molecule has 4 rings (SSSR count). The number of hydrogen-bond acceptors (Lipinski definition) is 19. The number of rotatable bonds is 30. The van der Waals surface area contributed by atoms with Gasteiger partial charge in [0.15, 0.2) is 0 Å². The number of aromatic hydroxyl groups is 2. The minimum absolute atomic E-state index is 0.0288. The molecule has 0 aliphatic carbocycles. The van der Waals surface area contributed by atoms with E-state index in [1.807, 2.05) is 6.92 Å². The number of aliphatic hydroxyl groups is 2. The van der Waals surface area contributed by atoms with E-state index >= 15 is 0 Å². The third-order valence-electron chi connectivity index (χ3n) is 13.7. The molecular weight excluding hydrogens is 1160 g/mol. The molecule has 2 unspecified atom stereocenters. The Hall–Kier alpha value is -7.54. The smallest absolute Gasteiger partial charge is 0.246 e. The minimum Gasteiger partial charge on any atom is -0.508 e. The zero-order valence-electron chi connectivity index (χ0n) is 48.4. The second kappa shape index (κ2) is 37.1. The topological polar surface area (TPSA) is 416 Å². The number of nitrogens with one attached hydrogen (secondary N) is 10. The number of benzene rings is 3. The van der Waals surface area contributed by atoms with E-state index in [0.717, 1.165) is 6.92 Å². The molecule has 16 N–H and O–H groups in total. The Morgan fingerprint density at radius 1 is 0.686 bits per heavy atom. The highest BCUT2D eigenvalue weighted by molar-refractivity contribution is 7.98. The van der Waals surface area contributed by atoms with E-state index in [1.54, 1.807) is 43.5 Å². The van der Waals surface area contributed by atoms with Crippen LogP contribution < -0.4 is 58.9 Å². The molecule has 3 aromatic rings. The standard InChI is InChI=1S/C57H81N11O16S2/c1-5-32(2)47-56(81)62-40(19-24-86-4)50(75)60-28-44(54(79)64-42(27-36-13-17-38(72)18-14-36)52(77)63-43(53(78)67-47)25-34-9-7-6-8-10-34)65-57(82)48(33(3)70)68-55(80)45(29-69)66-51(76)41(26-35-11-15-37(71)16-12-35)61-46(73)30-84-23-22-83-21-20-59-49(74)39(58)31-85/h6-18,32-33,39-45,47-48,69-72,85H,5,19-31,58H2,1-4H3,(H,59,74)(H,60,75)(H,61,73)(H,62,81)(H,63,77)(H,64,79)(H,65,82)(H,66,76)(H,67,78)(H,68,80)/t32?,33?,39-,40-,41-,42-,43-,44-,45-,47-,48-/m0/s1. The number of aliphatic hydroxyl groups excluding tert-OH is 2. The number of thiol groups is 1. The van der Waals surface area contributed by atoms with Gasteiger partial charge in [0.25, 0.3) is 0 Å². The largest absolute Gasteiger partial charge is 0.508 e. The van der Waals surface area contributed by atoms with Gasteiger partial charge in [-0.3, -0.25) is 47.9 Å². The second-order valence-corrected chi connectivity index (χ2v) is 21.8. The Morgan fingerprint density at radius 2 is 1.26 bits per heavy atom. The van der Waals surface area contributed by atoms with Crippen LogP contribution in [-0.4, -0.2) is 204 Å². The first-order valence-corrected chi connectivity index (χ1v) is 30.0. The average molecular weight is 1240 g/mol.